The number of ether oxygens (including phenoxy) is 2. The van der Waals surface area contributed by atoms with Crippen LogP contribution in [0.4, 0.5) is 0 Å². The summed E-state index contributed by atoms with van der Waals surface area (Å²) < 4.78 is 11.2. The zero-order valence-electron chi connectivity index (χ0n) is 28.9. The molecule has 1 fully saturated rings. The molecule has 1 aliphatic rings. The topological polar surface area (TPSA) is 149 Å². The molecule has 0 bridgehead atoms. The molecule has 6 N–H and O–H groups in total. The van der Waals surface area contributed by atoms with Gasteiger partial charge in [-0.15, -0.1) is 0 Å². The summed E-state index contributed by atoms with van der Waals surface area (Å²) in [6, 6.07) is -0.707. The Hall–Kier alpha value is -0.810. The van der Waals surface area contributed by atoms with E-state index in [1.165, 1.54) is 103 Å². The number of amides is 1. The number of hydrogen-bond acceptors (Lipinski definition) is 8. The molecule has 0 radical (unpaired) electrons. The first-order valence-electron chi connectivity index (χ1n) is 18.7. The van der Waals surface area contributed by atoms with Gasteiger partial charge in [-0.05, 0) is 12.8 Å². The summed E-state index contributed by atoms with van der Waals surface area (Å²) in [6.45, 7) is 3.77. The van der Waals surface area contributed by atoms with Gasteiger partial charge < -0.3 is 40.3 Å². The van der Waals surface area contributed by atoms with Gasteiger partial charge in [-0.2, -0.15) is 0 Å². The lowest BCUT2D eigenvalue weighted by atomic mass is 9.99. The second-order valence-corrected chi connectivity index (χ2v) is 13.4. The van der Waals surface area contributed by atoms with Crippen LogP contribution >= 0.6 is 0 Å². The highest BCUT2D eigenvalue weighted by molar-refractivity contribution is 5.76. The number of carbonyl (C=O) groups excluding carboxylic acids is 1. The van der Waals surface area contributed by atoms with E-state index in [-0.39, 0.29) is 12.5 Å². The van der Waals surface area contributed by atoms with Gasteiger partial charge in [-0.25, -0.2) is 0 Å². The number of nitrogens with one attached hydrogen (secondary N) is 1. The van der Waals surface area contributed by atoms with Crippen molar-refractivity contribution >= 4 is 5.91 Å². The van der Waals surface area contributed by atoms with E-state index in [1.54, 1.807) is 0 Å². The van der Waals surface area contributed by atoms with Crippen molar-refractivity contribution in [3.05, 3.63) is 0 Å². The highest BCUT2D eigenvalue weighted by atomic mass is 16.7. The SMILES string of the molecule is CCCCCCCCCCCCCCCCC[C@@H](O)[C@H](CO[C@@H]1O[C@H](CO)[C@H](O)C(O)C1O)NC(=O)CCCCCCCCC. The van der Waals surface area contributed by atoms with Gasteiger partial charge in [0.25, 0.3) is 0 Å². The molecule has 0 aliphatic carbocycles. The molecule has 1 heterocycles. The van der Waals surface area contributed by atoms with E-state index >= 15 is 0 Å². The number of aliphatic hydroxyl groups is 5. The number of hydrogen-bond donors (Lipinski definition) is 6. The van der Waals surface area contributed by atoms with Gasteiger partial charge in [0.15, 0.2) is 6.29 Å². The number of unbranched alkanes of at least 4 members (excludes halogenated alkanes) is 20. The van der Waals surface area contributed by atoms with Crippen LogP contribution in [0, 0.1) is 0 Å². The van der Waals surface area contributed by atoms with E-state index in [2.05, 4.69) is 19.2 Å². The molecule has 45 heavy (non-hydrogen) atoms. The maximum absolute atomic E-state index is 12.8. The van der Waals surface area contributed by atoms with Crippen molar-refractivity contribution in [1.29, 1.82) is 0 Å². The Kier molecular flexibility index (Phi) is 26.5. The quantitative estimate of drug-likeness (QED) is 0.0517. The molecule has 1 saturated heterocycles. The maximum atomic E-state index is 12.8. The summed E-state index contributed by atoms with van der Waals surface area (Å²) in [7, 11) is 0. The first-order valence-corrected chi connectivity index (χ1v) is 18.7. The fourth-order valence-corrected chi connectivity index (χ4v) is 6.10. The van der Waals surface area contributed by atoms with Crippen LogP contribution in [-0.2, 0) is 14.3 Å². The Balaban J connectivity index is 2.39. The number of rotatable bonds is 30. The third kappa shape index (κ3) is 20.2. The molecule has 0 saturated carbocycles. The van der Waals surface area contributed by atoms with Gasteiger partial charge in [0.2, 0.25) is 5.91 Å². The average Bonchev–Trinajstić information content (AvgIpc) is 3.03. The fourth-order valence-electron chi connectivity index (χ4n) is 6.10. The molecular weight excluding hydrogens is 574 g/mol. The monoisotopic (exact) mass is 646 g/mol. The van der Waals surface area contributed by atoms with Crippen LogP contribution in [0.3, 0.4) is 0 Å². The molecule has 0 aromatic carbocycles. The fraction of sp³-hybridized carbons (Fsp3) is 0.972. The second kappa shape index (κ2) is 28.2. The molecule has 1 amide bonds. The van der Waals surface area contributed by atoms with Crippen LogP contribution in [-0.4, -0.2) is 87.5 Å². The van der Waals surface area contributed by atoms with Crippen LogP contribution in [0.2, 0.25) is 0 Å². The van der Waals surface area contributed by atoms with Gasteiger partial charge in [0.05, 0.1) is 25.4 Å². The Labute approximate surface area is 274 Å². The minimum absolute atomic E-state index is 0.134. The predicted molar refractivity (Wildman–Crippen MR) is 180 cm³/mol. The van der Waals surface area contributed by atoms with Gasteiger partial charge in [-0.3, -0.25) is 4.79 Å². The molecule has 1 rings (SSSR count). The molecule has 0 spiro atoms. The van der Waals surface area contributed by atoms with Crippen LogP contribution in [0.1, 0.15) is 168 Å². The van der Waals surface area contributed by atoms with Gasteiger partial charge >= 0.3 is 0 Å². The zero-order valence-corrected chi connectivity index (χ0v) is 28.9. The second-order valence-electron chi connectivity index (χ2n) is 13.4. The van der Waals surface area contributed by atoms with Crippen molar-refractivity contribution in [3.63, 3.8) is 0 Å². The molecule has 0 aromatic rings. The Morgan fingerprint density at radius 1 is 0.667 bits per heavy atom. The Morgan fingerprint density at radius 3 is 1.58 bits per heavy atom. The van der Waals surface area contributed by atoms with Crippen molar-refractivity contribution in [2.75, 3.05) is 13.2 Å². The van der Waals surface area contributed by atoms with Crippen LogP contribution < -0.4 is 5.32 Å². The van der Waals surface area contributed by atoms with E-state index in [9.17, 15) is 30.3 Å². The molecule has 9 heteroatoms. The highest BCUT2D eigenvalue weighted by Gasteiger charge is 2.44. The minimum atomic E-state index is -1.54. The highest BCUT2D eigenvalue weighted by Crippen LogP contribution is 2.23. The first kappa shape index (κ1) is 42.2. The Morgan fingerprint density at radius 2 is 1.11 bits per heavy atom. The zero-order chi connectivity index (χ0) is 33.1. The standard InChI is InChI=1S/C36H71NO8/c1-3-5-7-9-11-12-13-14-15-16-17-18-20-21-23-25-30(39)29(37-32(40)26-24-22-19-10-8-6-4-2)28-44-36-35(43)34(42)33(41)31(27-38)45-36/h29-31,33-36,38-39,41-43H,3-28H2,1-2H3,(H,37,40)/t29-,30+,31+,33-,34?,35?,36+/m0/s1. The lowest BCUT2D eigenvalue weighted by Gasteiger charge is -2.40. The van der Waals surface area contributed by atoms with E-state index in [4.69, 9.17) is 9.47 Å². The summed E-state index contributed by atoms with van der Waals surface area (Å²) in [5.74, 6) is -0.151. The number of carbonyl (C=O) groups is 1. The van der Waals surface area contributed by atoms with Gasteiger partial charge in [0.1, 0.15) is 24.4 Å². The molecule has 2 unspecified atom stereocenters. The van der Waals surface area contributed by atoms with Crippen molar-refractivity contribution in [2.24, 2.45) is 0 Å². The third-order valence-electron chi connectivity index (χ3n) is 9.21. The summed E-state index contributed by atoms with van der Waals surface area (Å²) >= 11 is 0. The molecule has 0 aromatic heterocycles. The predicted octanol–water partition coefficient (Wildman–Crippen LogP) is 6.05. The van der Waals surface area contributed by atoms with Crippen LogP contribution in [0.25, 0.3) is 0 Å². The summed E-state index contributed by atoms with van der Waals surface area (Å²) in [5.41, 5.74) is 0. The minimum Gasteiger partial charge on any atom is -0.394 e. The van der Waals surface area contributed by atoms with E-state index in [0.717, 1.165) is 38.5 Å². The smallest absolute Gasteiger partial charge is 0.220 e. The molecular formula is C36H71NO8. The summed E-state index contributed by atoms with van der Waals surface area (Å²) in [5, 5.41) is 53.9. The lowest BCUT2D eigenvalue weighted by Crippen LogP contribution is -2.60. The van der Waals surface area contributed by atoms with E-state index in [0.29, 0.717) is 12.8 Å². The van der Waals surface area contributed by atoms with E-state index in [1.807, 2.05) is 0 Å². The Bertz CT molecular complexity index is 681. The summed E-state index contributed by atoms with van der Waals surface area (Å²) in [6.07, 6.45) is 19.8. The molecule has 9 nitrogen and oxygen atoms in total. The van der Waals surface area contributed by atoms with Gasteiger partial charge in [0, 0.05) is 6.42 Å². The average molecular weight is 646 g/mol. The van der Waals surface area contributed by atoms with Crippen LogP contribution in [0.15, 0.2) is 0 Å². The van der Waals surface area contributed by atoms with Crippen molar-refractivity contribution in [1.82, 2.24) is 5.32 Å². The van der Waals surface area contributed by atoms with Crippen molar-refractivity contribution < 1.29 is 39.8 Å². The van der Waals surface area contributed by atoms with Crippen molar-refractivity contribution in [3.8, 4) is 0 Å². The first-order chi connectivity index (χ1) is 21.8. The third-order valence-corrected chi connectivity index (χ3v) is 9.21. The van der Waals surface area contributed by atoms with Crippen molar-refractivity contribution in [2.45, 2.75) is 211 Å². The largest absolute Gasteiger partial charge is 0.394 e. The molecule has 7 atom stereocenters. The van der Waals surface area contributed by atoms with Gasteiger partial charge in [-0.1, -0.05) is 149 Å². The number of aliphatic hydroxyl groups excluding tert-OH is 5. The normalized spacial score (nSPS) is 23.2. The lowest BCUT2D eigenvalue weighted by molar-refractivity contribution is -0.302. The van der Waals surface area contributed by atoms with Crippen LogP contribution in [0.5, 0.6) is 0 Å². The molecule has 1 aliphatic heterocycles. The summed E-state index contributed by atoms with van der Waals surface area (Å²) in [4.78, 5) is 12.8. The maximum Gasteiger partial charge on any atom is 0.220 e. The molecule has 268 valence electrons. The van der Waals surface area contributed by atoms with E-state index < -0.39 is 49.5 Å².